The third-order valence-electron chi connectivity index (χ3n) is 4.32. The second kappa shape index (κ2) is 7.77. The van der Waals surface area contributed by atoms with Crippen LogP contribution >= 0.6 is 11.8 Å². The Bertz CT molecular complexity index is 840. The number of carbonyl (C=O) groups is 2. The second-order valence-electron chi connectivity index (χ2n) is 8.17. The van der Waals surface area contributed by atoms with Crippen LogP contribution in [0.5, 0.6) is 0 Å². The highest BCUT2D eigenvalue weighted by Gasteiger charge is 2.34. The summed E-state index contributed by atoms with van der Waals surface area (Å²) >= 11 is 1.63. The molecule has 2 aromatic carbocycles. The highest BCUT2D eigenvalue weighted by atomic mass is 32.2. The maximum Gasteiger partial charge on any atom is 0.238 e. The first-order valence-corrected chi connectivity index (χ1v) is 10.2. The van der Waals surface area contributed by atoms with Crippen molar-refractivity contribution in [3.63, 3.8) is 0 Å². The number of rotatable bonds is 4. The Kier molecular flexibility index (Phi) is 5.61. The van der Waals surface area contributed by atoms with E-state index in [2.05, 4.69) is 5.32 Å². The normalized spacial score (nSPS) is 17.3. The van der Waals surface area contributed by atoms with Crippen LogP contribution in [0.3, 0.4) is 0 Å². The molecule has 0 saturated carbocycles. The summed E-state index contributed by atoms with van der Waals surface area (Å²) in [5.41, 5.74) is 3.86. The van der Waals surface area contributed by atoms with Gasteiger partial charge in [0.1, 0.15) is 5.37 Å². The van der Waals surface area contributed by atoms with Crippen LogP contribution in [-0.2, 0) is 9.59 Å². The summed E-state index contributed by atoms with van der Waals surface area (Å²) in [5, 5.41) is 2.91. The van der Waals surface area contributed by atoms with Crippen molar-refractivity contribution in [1.29, 1.82) is 0 Å². The molecular formula is C22H26N2O2S. The summed E-state index contributed by atoms with van der Waals surface area (Å²) in [4.78, 5) is 26.4. The maximum absolute atomic E-state index is 12.5. The van der Waals surface area contributed by atoms with Crippen molar-refractivity contribution < 1.29 is 9.59 Å². The average molecular weight is 383 g/mol. The molecule has 0 spiro atoms. The minimum Gasteiger partial charge on any atom is -0.326 e. The quantitative estimate of drug-likeness (QED) is 0.796. The van der Waals surface area contributed by atoms with E-state index in [1.165, 1.54) is 0 Å². The number of benzene rings is 2. The van der Waals surface area contributed by atoms with E-state index < -0.39 is 0 Å². The molecule has 5 heteroatoms. The fourth-order valence-electron chi connectivity index (χ4n) is 3.15. The lowest BCUT2D eigenvalue weighted by molar-refractivity contribution is -0.118. The molecule has 142 valence electrons. The molecule has 0 radical (unpaired) electrons. The summed E-state index contributed by atoms with van der Waals surface area (Å²) in [6.45, 7) is 8.17. The van der Waals surface area contributed by atoms with E-state index in [-0.39, 0.29) is 22.6 Å². The topological polar surface area (TPSA) is 49.4 Å². The van der Waals surface area contributed by atoms with Gasteiger partial charge in [0.25, 0.3) is 0 Å². The molecule has 4 nitrogen and oxygen atoms in total. The van der Waals surface area contributed by atoms with Crippen LogP contribution in [-0.4, -0.2) is 17.6 Å². The third-order valence-corrected chi connectivity index (χ3v) is 5.53. The highest BCUT2D eigenvalue weighted by Crippen LogP contribution is 2.42. The summed E-state index contributed by atoms with van der Waals surface area (Å²) in [7, 11) is 0. The Morgan fingerprint density at radius 3 is 2.52 bits per heavy atom. The van der Waals surface area contributed by atoms with E-state index in [1.54, 1.807) is 11.8 Å². The summed E-state index contributed by atoms with van der Waals surface area (Å²) in [5.74, 6) is 0.614. The standard InChI is InChI=1S/C22H26N2O2S/c1-15-6-5-7-18(12-15)24-20(26)14-27-21(24)16-8-10-17(11-9-16)23-19(25)13-22(2,3)4/h5-12,21H,13-14H2,1-4H3,(H,23,25)/t21-/m1/s1. The SMILES string of the molecule is Cc1cccc(N2C(=O)CS[C@@H]2c2ccc(NC(=O)CC(C)(C)C)cc2)c1. The molecule has 1 atom stereocenters. The van der Waals surface area contributed by atoms with Gasteiger partial charge >= 0.3 is 0 Å². The molecule has 0 aromatic heterocycles. The van der Waals surface area contributed by atoms with Crippen molar-refractivity contribution >= 4 is 35.0 Å². The number of nitrogens with zero attached hydrogens (tertiary/aromatic N) is 1. The zero-order chi connectivity index (χ0) is 19.6. The van der Waals surface area contributed by atoms with E-state index in [9.17, 15) is 9.59 Å². The van der Waals surface area contributed by atoms with E-state index in [0.717, 1.165) is 22.5 Å². The second-order valence-corrected chi connectivity index (χ2v) is 9.24. The Balaban J connectivity index is 1.76. The van der Waals surface area contributed by atoms with Crippen molar-refractivity contribution in [2.24, 2.45) is 5.41 Å². The molecule has 1 heterocycles. The minimum atomic E-state index is -0.0429. The molecule has 0 aliphatic carbocycles. The molecular weight excluding hydrogens is 356 g/mol. The number of nitrogens with one attached hydrogen (secondary N) is 1. The largest absolute Gasteiger partial charge is 0.326 e. The molecule has 2 aromatic rings. The third kappa shape index (κ3) is 4.92. The van der Waals surface area contributed by atoms with Gasteiger partial charge in [0.2, 0.25) is 11.8 Å². The van der Waals surface area contributed by atoms with Crippen molar-refractivity contribution in [3.8, 4) is 0 Å². The van der Waals surface area contributed by atoms with Gasteiger partial charge in [-0.2, -0.15) is 0 Å². The van der Waals surface area contributed by atoms with Crippen molar-refractivity contribution in [1.82, 2.24) is 0 Å². The monoisotopic (exact) mass is 382 g/mol. The summed E-state index contributed by atoms with van der Waals surface area (Å²) in [6.07, 6.45) is 0.475. The summed E-state index contributed by atoms with van der Waals surface area (Å²) in [6, 6.07) is 15.8. The lowest BCUT2D eigenvalue weighted by Crippen LogP contribution is -2.27. The number of thioether (sulfide) groups is 1. The molecule has 1 aliphatic heterocycles. The van der Waals surface area contributed by atoms with Crippen LogP contribution in [0.25, 0.3) is 0 Å². The van der Waals surface area contributed by atoms with Gasteiger partial charge in [0.15, 0.2) is 0 Å². The van der Waals surface area contributed by atoms with Crippen molar-refractivity contribution in [3.05, 3.63) is 59.7 Å². The van der Waals surface area contributed by atoms with Gasteiger partial charge in [-0.3, -0.25) is 14.5 Å². The first kappa shape index (κ1) is 19.5. The molecule has 2 amide bonds. The van der Waals surface area contributed by atoms with Gasteiger partial charge < -0.3 is 5.32 Å². The smallest absolute Gasteiger partial charge is 0.238 e. The molecule has 0 bridgehead atoms. The number of aryl methyl sites for hydroxylation is 1. The number of hydrogen-bond donors (Lipinski definition) is 1. The van der Waals surface area contributed by atoms with Crippen molar-refractivity contribution in [2.45, 2.75) is 39.5 Å². The predicted octanol–water partition coefficient (Wildman–Crippen LogP) is 5.15. The Hall–Kier alpha value is -2.27. The molecule has 1 saturated heterocycles. The van der Waals surface area contributed by atoms with Crippen LogP contribution in [0.15, 0.2) is 48.5 Å². The van der Waals surface area contributed by atoms with Gasteiger partial charge in [-0.25, -0.2) is 0 Å². The zero-order valence-electron chi connectivity index (χ0n) is 16.3. The minimum absolute atomic E-state index is 0.0158. The lowest BCUT2D eigenvalue weighted by atomic mass is 9.92. The lowest BCUT2D eigenvalue weighted by Gasteiger charge is -2.25. The van der Waals surface area contributed by atoms with Crippen LogP contribution < -0.4 is 10.2 Å². The van der Waals surface area contributed by atoms with Gasteiger partial charge in [-0.15, -0.1) is 11.8 Å². The number of hydrogen-bond acceptors (Lipinski definition) is 3. The first-order valence-electron chi connectivity index (χ1n) is 9.13. The van der Waals surface area contributed by atoms with E-state index in [4.69, 9.17) is 0 Å². The first-order chi connectivity index (χ1) is 12.7. The number of carbonyl (C=O) groups excluding carboxylic acids is 2. The van der Waals surface area contributed by atoms with Gasteiger partial charge in [0.05, 0.1) is 5.75 Å². The van der Waals surface area contributed by atoms with Crippen LogP contribution in [0, 0.1) is 12.3 Å². The van der Waals surface area contributed by atoms with E-state index >= 15 is 0 Å². The maximum atomic E-state index is 12.5. The Morgan fingerprint density at radius 1 is 1.19 bits per heavy atom. The van der Waals surface area contributed by atoms with Gasteiger partial charge in [-0.1, -0.05) is 45.0 Å². The van der Waals surface area contributed by atoms with E-state index in [0.29, 0.717) is 12.2 Å². The highest BCUT2D eigenvalue weighted by molar-refractivity contribution is 8.00. The molecule has 1 fully saturated rings. The molecule has 0 unspecified atom stereocenters. The van der Waals surface area contributed by atoms with Crippen LogP contribution in [0.2, 0.25) is 0 Å². The fraction of sp³-hybridized carbons (Fsp3) is 0.364. The molecule has 3 rings (SSSR count). The average Bonchev–Trinajstić information content (AvgIpc) is 2.95. The Labute approximate surface area is 165 Å². The zero-order valence-corrected chi connectivity index (χ0v) is 17.1. The van der Waals surface area contributed by atoms with Crippen molar-refractivity contribution in [2.75, 3.05) is 16.0 Å². The van der Waals surface area contributed by atoms with Gasteiger partial charge in [-0.05, 0) is 47.7 Å². The number of amides is 2. The fourth-order valence-corrected chi connectivity index (χ4v) is 4.32. The molecule has 27 heavy (non-hydrogen) atoms. The molecule has 1 N–H and O–H groups in total. The molecule has 1 aliphatic rings. The van der Waals surface area contributed by atoms with Crippen LogP contribution in [0.1, 0.15) is 43.7 Å². The predicted molar refractivity (Wildman–Crippen MR) is 113 cm³/mol. The van der Waals surface area contributed by atoms with E-state index in [1.807, 2.05) is 81.1 Å². The Morgan fingerprint density at radius 2 is 1.89 bits per heavy atom. The summed E-state index contributed by atoms with van der Waals surface area (Å²) < 4.78 is 0. The van der Waals surface area contributed by atoms with Gasteiger partial charge in [0, 0.05) is 17.8 Å². The number of anilines is 2. The van der Waals surface area contributed by atoms with Crippen LogP contribution in [0.4, 0.5) is 11.4 Å².